The third-order valence-electron chi connectivity index (χ3n) is 3.37. The molecule has 1 aliphatic heterocycles. The molecule has 0 fully saturated rings. The van der Waals surface area contributed by atoms with Crippen molar-refractivity contribution < 1.29 is 14.7 Å². The number of nitrogens with zero attached hydrogens (tertiary/aromatic N) is 2. The number of hydrogen-bond donors (Lipinski definition) is 3. The van der Waals surface area contributed by atoms with Crippen LogP contribution in [0.4, 0.5) is 11.6 Å². The van der Waals surface area contributed by atoms with Crippen LogP contribution in [0.2, 0.25) is 0 Å². The Morgan fingerprint density at radius 2 is 2.25 bits per heavy atom. The Hall–Kier alpha value is -2.83. The predicted molar refractivity (Wildman–Crippen MR) is 72.5 cm³/mol. The van der Waals surface area contributed by atoms with Crippen molar-refractivity contribution in [1.29, 1.82) is 0 Å². The van der Waals surface area contributed by atoms with E-state index in [0.717, 1.165) is 11.3 Å². The average molecular weight is 272 g/mol. The number of aromatic amines is 1. The zero-order chi connectivity index (χ0) is 14.4. The van der Waals surface area contributed by atoms with Crippen LogP contribution in [0, 0.1) is 0 Å². The van der Waals surface area contributed by atoms with E-state index < -0.39 is 5.97 Å². The fourth-order valence-electron chi connectivity index (χ4n) is 2.37. The van der Waals surface area contributed by atoms with E-state index >= 15 is 0 Å². The summed E-state index contributed by atoms with van der Waals surface area (Å²) >= 11 is 0. The van der Waals surface area contributed by atoms with Crippen molar-refractivity contribution in [3.63, 3.8) is 0 Å². The predicted octanol–water partition coefficient (Wildman–Crippen LogP) is 0.876. The van der Waals surface area contributed by atoms with Gasteiger partial charge in [-0.25, -0.2) is 9.78 Å². The molecular formula is C13H12N4O3. The maximum atomic E-state index is 11.6. The van der Waals surface area contributed by atoms with Crippen molar-refractivity contribution in [1.82, 2.24) is 9.97 Å². The number of carboxylic acids is 1. The summed E-state index contributed by atoms with van der Waals surface area (Å²) < 4.78 is 0. The summed E-state index contributed by atoms with van der Waals surface area (Å²) in [5.74, 6) is -1.07. The van der Waals surface area contributed by atoms with Gasteiger partial charge in [-0.1, -0.05) is 6.07 Å². The number of carbonyl (C=O) groups excluding carboxylic acids is 1. The number of hydrogen-bond acceptors (Lipinski definition) is 4. The summed E-state index contributed by atoms with van der Waals surface area (Å²) in [7, 11) is 1.71. The van der Waals surface area contributed by atoms with Crippen molar-refractivity contribution >= 4 is 23.5 Å². The van der Waals surface area contributed by atoms with E-state index in [1.54, 1.807) is 30.1 Å². The minimum absolute atomic E-state index is 0.0112. The summed E-state index contributed by atoms with van der Waals surface area (Å²) in [4.78, 5) is 30.9. The standard InChI is InChI=1S/C13H12N4O3/c1-17-8-3-2-6(4-7(8)5-9(17)18)10-11(12(19)20)16-13(14)15-10/h2-4H,5H2,1H3,(H,19,20)(H3,14,15,16). The molecular weight excluding hydrogens is 260 g/mol. The third-order valence-corrected chi connectivity index (χ3v) is 3.37. The number of aromatic carboxylic acids is 1. The number of rotatable bonds is 2. The van der Waals surface area contributed by atoms with Crippen LogP contribution in [0.1, 0.15) is 16.1 Å². The topological polar surface area (TPSA) is 112 Å². The monoisotopic (exact) mass is 272 g/mol. The van der Waals surface area contributed by atoms with Crippen LogP contribution in [0.15, 0.2) is 18.2 Å². The average Bonchev–Trinajstić information content (AvgIpc) is 2.91. The molecule has 20 heavy (non-hydrogen) atoms. The highest BCUT2D eigenvalue weighted by atomic mass is 16.4. The Bertz CT molecular complexity index is 735. The molecule has 1 aromatic carbocycles. The van der Waals surface area contributed by atoms with Gasteiger partial charge in [-0.3, -0.25) is 4.79 Å². The smallest absolute Gasteiger partial charge is 0.354 e. The quantitative estimate of drug-likeness (QED) is 0.751. The van der Waals surface area contributed by atoms with Gasteiger partial charge < -0.3 is 20.7 Å². The lowest BCUT2D eigenvalue weighted by Crippen LogP contribution is -2.20. The first-order valence-electron chi connectivity index (χ1n) is 5.96. The summed E-state index contributed by atoms with van der Waals surface area (Å²) in [6.45, 7) is 0. The highest BCUT2D eigenvalue weighted by molar-refractivity contribution is 6.02. The molecule has 3 rings (SSSR count). The first kappa shape index (κ1) is 12.2. The second-order valence-corrected chi connectivity index (χ2v) is 4.62. The summed E-state index contributed by atoms with van der Waals surface area (Å²) in [6, 6.07) is 5.29. The number of likely N-dealkylation sites (N-methyl/N-ethyl adjacent to an activating group) is 1. The van der Waals surface area contributed by atoms with Crippen LogP contribution in [-0.4, -0.2) is 34.0 Å². The van der Waals surface area contributed by atoms with Gasteiger partial charge in [0.15, 0.2) is 11.6 Å². The van der Waals surface area contributed by atoms with Crippen molar-refractivity contribution in [2.75, 3.05) is 17.7 Å². The van der Waals surface area contributed by atoms with E-state index in [1.807, 2.05) is 0 Å². The molecule has 7 nitrogen and oxygen atoms in total. The molecule has 0 radical (unpaired) electrons. The summed E-state index contributed by atoms with van der Waals surface area (Å²) in [6.07, 6.45) is 0.308. The van der Waals surface area contributed by atoms with E-state index in [9.17, 15) is 9.59 Å². The fraction of sp³-hybridized carbons (Fsp3) is 0.154. The second-order valence-electron chi connectivity index (χ2n) is 4.62. The van der Waals surface area contributed by atoms with Crippen LogP contribution in [0.5, 0.6) is 0 Å². The number of aromatic nitrogens is 2. The van der Waals surface area contributed by atoms with Gasteiger partial charge in [0.05, 0.1) is 6.42 Å². The normalized spacial score (nSPS) is 13.7. The number of anilines is 2. The van der Waals surface area contributed by atoms with E-state index in [2.05, 4.69) is 9.97 Å². The van der Waals surface area contributed by atoms with Crippen molar-refractivity contribution in [2.45, 2.75) is 6.42 Å². The van der Waals surface area contributed by atoms with Crippen LogP contribution >= 0.6 is 0 Å². The van der Waals surface area contributed by atoms with Crippen molar-refractivity contribution in [2.24, 2.45) is 0 Å². The van der Waals surface area contributed by atoms with Crippen LogP contribution < -0.4 is 10.6 Å². The number of carboxylic acid groups (broad SMARTS) is 1. The van der Waals surface area contributed by atoms with E-state index in [-0.39, 0.29) is 23.2 Å². The third kappa shape index (κ3) is 1.71. The molecule has 0 aliphatic carbocycles. The van der Waals surface area contributed by atoms with Crippen molar-refractivity contribution in [3.05, 3.63) is 29.5 Å². The van der Waals surface area contributed by atoms with Crippen molar-refractivity contribution in [3.8, 4) is 11.3 Å². The van der Waals surface area contributed by atoms with E-state index in [0.29, 0.717) is 12.0 Å². The van der Waals surface area contributed by atoms with Gasteiger partial charge in [0.25, 0.3) is 0 Å². The number of nitrogens with one attached hydrogen (secondary N) is 1. The molecule has 0 atom stereocenters. The van der Waals surface area contributed by atoms with Gasteiger partial charge in [-0.05, 0) is 17.7 Å². The number of carbonyl (C=O) groups is 2. The Kier molecular flexibility index (Phi) is 2.50. The first-order valence-corrected chi connectivity index (χ1v) is 5.96. The molecule has 7 heteroatoms. The van der Waals surface area contributed by atoms with Crippen LogP contribution in [0.25, 0.3) is 11.3 Å². The maximum absolute atomic E-state index is 11.6. The van der Waals surface area contributed by atoms with Gasteiger partial charge in [0.1, 0.15) is 5.69 Å². The number of nitrogen functional groups attached to an aromatic ring is 1. The number of imidazole rings is 1. The molecule has 0 spiro atoms. The highest BCUT2D eigenvalue weighted by Gasteiger charge is 2.25. The number of fused-ring (bicyclic) bond motifs is 1. The molecule has 1 aliphatic rings. The molecule has 4 N–H and O–H groups in total. The second kappa shape index (κ2) is 4.09. The molecule has 0 saturated carbocycles. The largest absolute Gasteiger partial charge is 0.477 e. The van der Waals surface area contributed by atoms with Gasteiger partial charge in [0, 0.05) is 18.3 Å². The lowest BCUT2D eigenvalue weighted by Gasteiger charge is -2.10. The SMILES string of the molecule is CN1C(=O)Cc2cc(-c3nc(N)[nH]c3C(=O)O)ccc21. The molecule has 0 saturated heterocycles. The molecule has 102 valence electrons. The van der Waals surface area contributed by atoms with Gasteiger partial charge >= 0.3 is 5.97 Å². The van der Waals surface area contributed by atoms with Crippen LogP contribution in [-0.2, 0) is 11.2 Å². The Morgan fingerprint density at radius 3 is 2.95 bits per heavy atom. The molecule has 2 heterocycles. The Balaban J connectivity index is 2.12. The number of benzene rings is 1. The minimum Gasteiger partial charge on any atom is -0.477 e. The maximum Gasteiger partial charge on any atom is 0.354 e. The molecule has 2 aromatic rings. The summed E-state index contributed by atoms with van der Waals surface area (Å²) in [5, 5.41) is 9.13. The van der Waals surface area contributed by atoms with Crippen LogP contribution in [0.3, 0.4) is 0 Å². The lowest BCUT2D eigenvalue weighted by atomic mass is 10.0. The highest BCUT2D eigenvalue weighted by Crippen LogP contribution is 2.32. The molecule has 1 amide bonds. The summed E-state index contributed by atoms with van der Waals surface area (Å²) in [5.41, 5.74) is 8.05. The van der Waals surface area contributed by atoms with Gasteiger partial charge in [-0.2, -0.15) is 0 Å². The zero-order valence-corrected chi connectivity index (χ0v) is 10.7. The van der Waals surface area contributed by atoms with Gasteiger partial charge in [-0.15, -0.1) is 0 Å². The Morgan fingerprint density at radius 1 is 1.50 bits per heavy atom. The Labute approximate surface area is 114 Å². The first-order chi connectivity index (χ1) is 9.47. The fourth-order valence-corrected chi connectivity index (χ4v) is 2.37. The number of nitrogens with two attached hydrogens (primary N) is 1. The lowest BCUT2D eigenvalue weighted by molar-refractivity contribution is -0.117. The zero-order valence-electron chi connectivity index (χ0n) is 10.7. The molecule has 0 unspecified atom stereocenters. The minimum atomic E-state index is -1.13. The number of amides is 1. The van der Waals surface area contributed by atoms with E-state index in [1.165, 1.54) is 0 Å². The van der Waals surface area contributed by atoms with E-state index in [4.69, 9.17) is 10.8 Å². The molecule has 0 bridgehead atoms. The molecule has 1 aromatic heterocycles. The van der Waals surface area contributed by atoms with Gasteiger partial charge in [0.2, 0.25) is 5.91 Å². The number of H-pyrrole nitrogens is 1.